The van der Waals surface area contributed by atoms with Crippen LogP contribution in [0.15, 0.2) is 18.2 Å². The second kappa shape index (κ2) is 7.38. The zero-order chi connectivity index (χ0) is 15.2. The molecule has 1 atom stereocenters. The van der Waals surface area contributed by atoms with E-state index in [2.05, 4.69) is 17.1 Å². The highest BCUT2D eigenvalue weighted by molar-refractivity contribution is 5.62. The first kappa shape index (κ1) is 15.7. The highest BCUT2D eigenvalue weighted by Crippen LogP contribution is 2.26. The summed E-state index contributed by atoms with van der Waals surface area (Å²) in [5.41, 5.74) is 1.84. The first-order valence-electron chi connectivity index (χ1n) is 7.44. The van der Waals surface area contributed by atoms with E-state index >= 15 is 0 Å². The molecule has 1 aromatic rings. The van der Waals surface area contributed by atoms with Gasteiger partial charge in [-0.2, -0.15) is 0 Å². The first-order valence-corrected chi connectivity index (χ1v) is 7.44. The minimum Gasteiger partial charge on any atom is -0.379 e. The van der Waals surface area contributed by atoms with Gasteiger partial charge >= 0.3 is 0 Å². The highest BCUT2D eigenvalue weighted by atomic mass is 16.6. The van der Waals surface area contributed by atoms with Crippen molar-refractivity contribution in [3.05, 3.63) is 33.9 Å². The van der Waals surface area contributed by atoms with Gasteiger partial charge in [0.15, 0.2) is 0 Å². The van der Waals surface area contributed by atoms with Gasteiger partial charge in [-0.1, -0.05) is 13.0 Å². The molecule has 1 N–H and O–H groups in total. The molecule has 0 spiro atoms. The molecule has 1 aromatic carbocycles. The first-order chi connectivity index (χ1) is 10.1. The Morgan fingerprint density at radius 2 is 2.33 bits per heavy atom. The largest absolute Gasteiger partial charge is 0.379 e. The summed E-state index contributed by atoms with van der Waals surface area (Å²) in [5, 5.41) is 14.2. The topological polar surface area (TPSA) is 67.6 Å². The van der Waals surface area contributed by atoms with Crippen molar-refractivity contribution in [1.82, 2.24) is 4.90 Å². The molecule has 116 valence electrons. The lowest BCUT2D eigenvalue weighted by atomic mass is 10.1. The zero-order valence-corrected chi connectivity index (χ0v) is 12.7. The average Bonchev–Trinajstić information content (AvgIpc) is 2.47. The summed E-state index contributed by atoms with van der Waals surface area (Å²) in [4.78, 5) is 13.1. The molecular formula is C15H23N3O3. The Morgan fingerprint density at radius 3 is 3.00 bits per heavy atom. The number of ether oxygens (including phenoxy) is 1. The summed E-state index contributed by atoms with van der Waals surface area (Å²) >= 11 is 0. The van der Waals surface area contributed by atoms with Crippen LogP contribution < -0.4 is 5.32 Å². The molecule has 1 aliphatic rings. The highest BCUT2D eigenvalue weighted by Gasteiger charge is 2.20. The maximum absolute atomic E-state index is 11.1. The van der Waals surface area contributed by atoms with E-state index in [0.29, 0.717) is 11.7 Å². The van der Waals surface area contributed by atoms with E-state index in [0.717, 1.165) is 44.8 Å². The normalized spacial score (nSPS) is 19.4. The number of morpholine rings is 1. The number of hydrogen-bond acceptors (Lipinski definition) is 5. The molecule has 0 aliphatic carbocycles. The summed E-state index contributed by atoms with van der Waals surface area (Å²) in [7, 11) is 0. The Hall–Kier alpha value is -1.66. The lowest BCUT2D eigenvalue weighted by Crippen LogP contribution is -2.42. The van der Waals surface area contributed by atoms with Crippen molar-refractivity contribution in [1.29, 1.82) is 0 Å². The summed E-state index contributed by atoms with van der Waals surface area (Å²) in [6.45, 7) is 8.10. The van der Waals surface area contributed by atoms with Gasteiger partial charge in [0.25, 0.3) is 5.69 Å². The number of nitrogens with one attached hydrogen (secondary N) is 1. The molecule has 0 saturated carbocycles. The lowest BCUT2D eigenvalue weighted by Gasteiger charge is -2.33. The Balaban J connectivity index is 2.14. The number of hydrogen-bond donors (Lipinski definition) is 1. The molecule has 2 rings (SSSR count). The third-order valence-corrected chi connectivity index (χ3v) is 3.71. The summed E-state index contributed by atoms with van der Waals surface area (Å²) in [5.74, 6) is 0. The molecule has 1 aliphatic heterocycles. The zero-order valence-electron chi connectivity index (χ0n) is 12.7. The molecule has 0 bridgehead atoms. The van der Waals surface area contributed by atoms with Crippen LogP contribution >= 0.6 is 0 Å². The van der Waals surface area contributed by atoms with Crippen LogP contribution in [-0.4, -0.2) is 42.2 Å². The Kier molecular flexibility index (Phi) is 5.52. The van der Waals surface area contributed by atoms with Gasteiger partial charge in [-0.05, 0) is 25.0 Å². The third-order valence-electron chi connectivity index (χ3n) is 3.71. The minimum atomic E-state index is -0.334. The standard InChI is InChI=1S/C15H23N3O3/c1-3-6-16-14-9-13(4-5-15(14)18(19)20)10-17-7-8-21-11-12(17)2/h4-5,9,12,16H,3,6-8,10-11H2,1-2H3. The number of benzene rings is 1. The molecule has 1 fully saturated rings. The van der Waals surface area contributed by atoms with Crippen LogP contribution in [0.1, 0.15) is 25.8 Å². The molecule has 6 nitrogen and oxygen atoms in total. The smallest absolute Gasteiger partial charge is 0.292 e. The van der Waals surface area contributed by atoms with E-state index in [1.54, 1.807) is 6.07 Å². The van der Waals surface area contributed by atoms with Crippen molar-refractivity contribution in [2.24, 2.45) is 0 Å². The molecular weight excluding hydrogens is 270 g/mol. The summed E-state index contributed by atoms with van der Waals surface area (Å²) < 4.78 is 5.43. The van der Waals surface area contributed by atoms with E-state index in [-0.39, 0.29) is 10.6 Å². The number of rotatable bonds is 6. The maximum atomic E-state index is 11.1. The molecule has 1 unspecified atom stereocenters. The van der Waals surface area contributed by atoms with E-state index in [1.165, 1.54) is 0 Å². The second-order valence-corrected chi connectivity index (χ2v) is 5.43. The van der Waals surface area contributed by atoms with Gasteiger partial charge in [0.05, 0.1) is 18.1 Å². The molecule has 21 heavy (non-hydrogen) atoms. The fourth-order valence-corrected chi connectivity index (χ4v) is 2.47. The van der Waals surface area contributed by atoms with Gasteiger partial charge in [-0.25, -0.2) is 0 Å². The van der Waals surface area contributed by atoms with Crippen LogP contribution in [0.2, 0.25) is 0 Å². The fraction of sp³-hybridized carbons (Fsp3) is 0.600. The van der Waals surface area contributed by atoms with Crippen LogP contribution in [0.4, 0.5) is 11.4 Å². The number of nitro benzene ring substituents is 1. The number of anilines is 1. The van der Waals surface area contributed by atoms with Crippen molar-refractivity contribution in [2.45, 2.75) is 32.9 Å². The number of nitrogens with zero attached hydrogens (tertiary/aromatic N) is 2. The van der Waals surface area contributed by atoms with E-state index in [9.17, 15) is 10.1 Å². The van der Waals surface area contributed by atoms with Crippen LogP contribution in [0.25, 0.3) is 0 Å². The molecule has 6 heteroatoms. The third kappa shape index (κ3) is 4.15. The van der Waals surface area contributed by atoms with Crippen molar-refractivity contribution in [2.75, 3.05) is 31.6 Å². The van der Waals surface area contributed by atoms with E-state index in [4.69, 9.17) is 4.74 Å². The quantitative estimate of drug-likeness (QED) is 0.645. The maximum Gasteiger partial charge on any atom is 0.292 e. The molecule has 0 aromatic heterocycles. The van der Waals surface area contributed by atoms with Crippen molar-refractivity contribution in [3.63, 3.8) is 0 Å². The fourth-order valence-electron chi connectivity index (χ4n) is 2.47. The monoisotopic (exact) mass is 293 g/mol. The SMILES string of the molecule is CCCNc1cc(CN2CCOCC2C)ccc1[N+](=O)[O-]. The summed E-state index contributed by atoms with van der Waals surface area (Å²) in [6.07, 6.45) is 0.932. The molecule has 1 saturated heterocycles. The Morgan fingerprint density at radius 1 is 1.52 bits per heavy atom. The minimum absolute atomic E-state index is 0.141. The van der Waals surface area contributed by atoms with Gasteiger partial charge < -0.3 is 10.1 Å². The Labute approximate surface area is 125 Å². The predicted molar refractivity (Wildman–Crippen MR) is 82.6 cm³/mol. The van der Waals surface area contributed by atoms with Crippen molar-refractivity contribution < 1.29 is 9.66 Å². The van der Waals surface area contributed by atoms with Gasteiger partial charge in [-0.3, -0.25) is 15.0 Å². The number of nitro groups is 1. The van der Waals surface area contributed by atoms with Gasteiger partial charge in [0.1, 0.15) is 5.69 Å². The van der Waals surface area contributed by atoms with Crippen LogP contribution in [0, 0.1) is 10.1 Å². The van der Waals surface area contributed by atoms with Crippen molar-refractivity contribution >= 4 is 11.4 Å². The summed E-state index contributed by atoms with van der Waals surface area (Å²) in [6, 6.07) is 5.72. The Bertz CT molecular complexity index is 493. The van der Waals surface area contributed by atoms with Gasteiger partial charge in [-0.15, -0.1) is 0 Å². The molecule has 0 amide bonds. The van der Waals surface area contributed by atoms with E-state index in [1.807, 2.05) is 19.1 Å². The molecule has 1 heterocycles. The van der Waals surface area contributed by atoms with Gasteiger partial charge in [0, 0.05) is 31.7 Å². The molecule has 0 radical (unpaired) electrons. The van der Waals surface area contributed by atoms with Crippen LogP contribution in [0.3, 0.4) is 0 Å². The van der Waals surface area contributed by atoms with E-state index < -0.39 is 0 Å². The van der Waals surface area contributed by atoms with Gasteiger partial charge in [0.2, 0.25) is 0 Å². The van der Waals surface area contributed by atoms with Crippen LogP contribution in [0.5, 0.6) is 0 Å². The average molecular weight is 293 g/mol. The lowest BCUT2D eigenvalue weighted by molar-refractivity contribution is -0.384. The predicted octanol–water partition coefficient (Wildman–Crippen LogP) is 2.64. The second-order valence-electron chi connectivity index (χ2n) is 5.43. The van der Waals surface area contributed by atoms with Crippen LogP contribution in [-0.2, 0) is 11.3 Å². The van der Waals surface area contributed by atoms with Crippen molar-refractivity contribution in [3.8, 4) is 0 Å².